The SMILES string of the molecule is COc1cc(OC)c2c(=O)cc(Sc3ccc(N)cc3)oc2c1. The first-order valence-electron chi connectivity index (χ1n) is 6.84. The van der Waals surface area contributed by atoms with Gasteiger partial charge in [0, 0.05) is 28.8 Å². The van der Waals surface area contributed by atoms with Crippen molar-refractivity contribution < 1.29 is 13.9 Å². The number of nitrogens with two attached hydrogens (primary N) is 1. The van der Waals surface area contributed by atoms with Crippen LogP contribution in [0.25, 0.3) is 11.0 Å². The lowest BCUT2D eigenvalue weighted by Crippen LogP contribution is -2.03. The molecule has 0 bridgehead atoms. The molecule has 1 heterocycles. The van der Waals surface area contributed by atoms with Crippen molar-refractivity contribution >= 4 is 28.4 Å². The number of nitrogen functional groups attached to an aromatic ring is 1. The van der Waals surface area contributed by atoms with Crippen LogP contribution in [0, 0.1) is 0 Å². The van der Waals surface area contributed by atoms with Gasteiger partial charge in [-0.2, -0.15) is 0 Å². The molecule has 23 heavy (non-hydrogen) atoms. The van der Waals surface area contributed by atoms with E-state index in [-0.39, 0.29) is 5.43 Å². The van der Waals surface area contributed by atoms with Crippen molar-refractivity contribution in [3.05, 3.63) is 52.7 Å². The summed E-state index contributed by atoms with van der Waals surface area (Å²) in [6.45, 7) is 0. The van der Waals surface area contributed by atoms with Crippen LogP contribution in [-0.4, -0.2) is 14.2 Å². The van der Waals surface area contributed by atoms with E-state index in [1.165, 1.54) is 24.9 Å². The Balaban J connectivity index is 2.09. The summed E-state index contributed by atoms with van der Waals surface area (Å²) in [7, 11) is 3.05. The molecule has 6 heteroatoms. The molecule has 0 radical (unpaired) electrons. The maximum Gasteiger partial charge on any atom is 0.197 e. The summed E-state index contributed by atoms with van der Waals surface area (Å²) >= 11 is 1.35. The quantitative estimate of drug-likeness (QED) is 0.738. The Bertz CT molecular complexity index is 903. The first-order chi connectivity index (χ1) is 11.1. The third-order valence-electron chi connectivity index (χ3n) is 3.30. The predicted octanol–water partition coefficient (Wildman–Crippen LogP) is 3.54. The number of anilines is 1. The molecule has 0 saturated carbocycles. The molecule has 0 amide bonds. The van der Waals surface area contributed by atoms with Gasteiger partial charge in [0.1, 0.15) is 22.5 Å². The summed E-state index contributed by atoms with van der Waals surface area (Å²) in [4.78, 5) is 13.3. The van der Waals surface area contributed by atoms with Crippen LogP contribution in [0.3, 0.4) is 0 Å². The van der Waals surface area contributed by atoms with Crippen molar-refractivity contribution in [1.29, 1.82) is 0 Å². The Morgan fingerprint density at radius 2 is 1.78 bits per heavy atom. The topological polar surface area (TPSA) is 74.7 Å². The van der Waals surface area contributed by atoms with Crippen molar-refractivity contribution in [2.24, 2.45) is 0 Å². The normalized spacial score (nSPS) is 10.7. The van der Waals surface area contributed by atoms with Gasteiger partial charge in [0.05, 0.1) is 14.2 Å². The third kappa shape index (κ3) is 3.12. The smallest absolute Gasteiger partial charge is 0.197 e. The van der Waals surface area contributed by atoms with Crippen LogP contribution < -0.4 is 20.6 Å². The second-order valence-corrected chi connectivity index (χ2v) is 5.88. The fourth-order valence-corrected chi connectivity index (χ4v) is 2.99. The molecule has 0 aliphatic heterocycles. The van der Waals surface area contributed by atoms with E-state index in [9.17, 15) is 4.79 Å². The van der Waals surface area contributed by atoms with Crippen molar-refractivity contribution in [2.75, 3.05) is 20.0 Å². The van der Waals surface area contributed by atoms with E-state index in [4.69, 9.17) is 19.6 Å². The lowest BCUT2D eigenvalue weighted by Gasteiger charge is -2.09. The number of benzene rings is 2. The van der Waals surface area contributed by atoms with E-state index < -0.39 is 0 Å². The number of fused-ring (bicyclic) bond motifs is 1. The lowest BCUT2D eigenvalue weighted by atomic mass is 10.2. The van der Waals surface area contributed by atoms with Crippen LogP contribution in [-0.2, 0) is 0 Å². The number of hydrogen-bond donors (Lipinski definition) is 1. The zero-order chi connectivity index (χ0) is 16.4. The Morgan fingerprint density at radius 1 is 1.04 bits per heavy atom. The van der Waals surface area contributed by atoms with Gasteiger partial charge in [-0.3, -0.25) is 4.79 Å². The van der Waals surface area contributed by atoms with Gasteiger partial charge in [-0.25, -0.2) is 0 Å². The molecule has 1 aromatic heterocycles. The zero-order valence-electron chi connectivity index (χ0n) is 12.7. The highest BCUT2D eigenvalue weighted by Crippen LogP contribution is 2.33. The summed E-state index contributed by atoms with van der Waals surface area (Å²) in [6, 6.07) is 12.1. The zero-order valence-corrected chi connectivity index (χ0v) is 13.5. The Kier molecular flexibility index (Phi) is 4.16. The summed E-state index contributed by atoms with van der Waals surface area (Å²) in [6.07, 6.45) is 0. The Morgan fingerprint density at radius 3 is 2.43 bits per heavy atom. The van der Waals surface area contributed by atoms with Crippen molar-refractivity contribution in [3.63, 3.8) is 0 Å². The molecule has 3 aromatic rings. The van der Waals surface area contributed by atoms with Crippen molar-refractivity contribution in [3.8, 4) is 11.5 Å². The molecule has 2 aromatic carbocycles. The first-order valence-corrected chi connectivity index (χ1v) is 7.65. The molecular weight excluding hydrogens is 314 g/mol. The van der Waals surface area contributed by atoms with Gasteiger partial charge in [-0.1, -0.05) is 11.8 Å². The standard InChI is InChI=1S/C17H15NO4S/c1-20-11-7-14(21-2)17-13(19)9-16(22-15(17)8-11)23-12-5-3-10(18)4-6-12/h3-9H,18H2,1-2H3. The molecular formula is C17H15NO4S. The van der Waals surface area contributed by atoms with E-state index in [1.807, 2.05) is 12.1 Å². The second-order valence-electron chi connectivity index (χ2n) is 4.80. The van der Waals surface area contributed by atoms with Gasteiger partial charge in [-0.15, -0.1) is 0 Å². The van der Waals surface area contributed by atoms with Crippen LogP contribution in [0.4, 0.5) is 5.69 Å². The van der Waals surface area contributed by atoms with Gasteiger partial charge in [0.15, 0.2) is 10.5 Å². The minimum absolute atomic E-state index is 0.163. The van der Waals surface area contributed by atoms with Crippen molar-refractivity contribution in [2.45, 2.75) is 9.99 Å². The molecule has 0 aliphatic rings. The van der Waals surface area contributed by atoms with Crippen molar-refractivity contribution in [1.82, 2.24) is 0 Å². The monoisotopic (exact) mass is 329 g/mol. The maximum atomic E-state index is 12.4. The highest BCUT2D eigenvalue weighted by molar-refractivity contribution is 7.99. The average Bonchev–Trinajstić information content (AvgIpc) is 2.55. The van der Waals surface area contributed by atoms with E-state index in [0.29, 0.717) is 33.2 Å². The molecule has 2 N–H and O–H groups in total. The second kappa shape index (κ2) is 6.26. The number of methoxy groups -OCH3 is 2. The Labute approximate surface area is 137 Å². The minimum atomic E-state index is -0.163. The molecule has 0 fully saturated rings. The molecule has 0 spiro atoms. The maximum absolute atomic E-state index is 12.4. The third-order valence-corrected chi connectivity index (χ3v) is 4.21. The number of ether oxygens (including phenoxy) is 2. The van der Waals surface area contributed by atoms with E-state index >= 15 is 0 Å². The van der Waals surface area contributed by atoms with Crippen LogP contribution in [0.15, 0.2) is 61.7 Å². The van der Waals surface area contributed by atoms with Crippen LogP contribution in [0.5, 0.6) is 11.5 Å². The van der Waals surface area contributed by atoms with Gasteiger partial charge in [0.25, 0.3) is 0 Å². The number of rotatable bonds is 4. The van der Waals surface area contributed by atoms with Crippen LogP contribution in [0.2, 0.25) is 0 Å². The molecule has 0 saturated heterocycles. The van der Waals surface area contributed by atoms with E-state index in [2.05, 4.69) is 0 Å². The summed E-state index contributed by atoms with van der Waals surface area (Å²) < 4.78 is 16.3. The molecule has 118 valence electrons. The molecule has 0 unspecified atom stereocenters. The lowest BCUT2D eigenvalue weighted by molar-refractivity contribution is 0.394. The highest BCUT2D eigenvalue weighted by Gasteiger charge is 2.13. The summed E-state index contributed by atoms with van der Waals surface area (Å²) in [5.74, 6) is 0.990. The molecule has 0 atom stereocenters. The van der Waals surface area contributed by atoms with Gasteiger partial charge < -0.3 is 19.6 Å². The van der Waals surface area contributed by atoms with Gasteiger partial charge in [0.2, 0.25) is 0 Å². The largest absolute Gasteiger partial charge is 0.496 e. The predicted molar refractivity (Wildman–Crippen MR) is 90.6 cm³/mol. The summed E-state index contributed by atoms with van der Waals surface area (Å²) in [5, 5.41) is 0.887. The van der Waals surface area contributed by atoms with Crippen LogP contribution in [0.1, 0.15) is 0 Å². The van der Waals surface area contributed by atoms with E-state index in [1.54, 1.807) is 31.4 Å². The highest BCUT2D eigenvalue weighted by atomic mass is 32.2. The van der Waals surface area contributed by atoms with E-state index in [0.717, 1.165) is 4.90 Å². The molecule has 3 rings (SSSR count). The fraction of sp³-hybridized carbons (Fsp3) is 0.118. The number of hydrogen-bond acceptors (Lipinski definition) is 6. The minimum Gasteiger partial charge on any atom is -0.496 e. The molecule has 0 aliphatic carbocycles. The first kappa shape index (κ1) is 15.3. The Hall–Kier alpha value is -2.60. The van der Waals surface area contributed by atoms with Crippen LogP contribution >= 0.6 is 11.8 Å². The average molecular weight is 329 g/mol. The molecule has 5 nitrogen and oxygen atoms in total. The van der Waals surface area contributed by atoms with Gasteiger partial charge >= 0.3 is 0 Å². The summed E-state index contributed by atoms with van der Waals surface area (Å²) in [5.41, 5.74) is 6.62. The fourth-order valence-electron chi connectivity index (χ4n) is 2.19. The van der Waals surface area contributed by atoms with Gasteiger partial charge in [-0.05, 0) is 24.3 Å².